The van der Waals surface area contributed by atoms with Crippen LogP contribution < -0.4 is 5.32 Å². The maximum absolute atomic E-state index is 13.2. The first-order valence-corrected chi connectivity index (χ1v) is 8.76. The zero-order valence-electron chi connectivity index (χ0n) is 13.7. The van der Waals surface area contributed by atoms with Crippen LogP contribution in [-0.2, 0) is 6.18 Å². The predicted molar refractivity (Wildman–Crippen MR) is 96.7 cm³/mol. The number of amides is 1. The summed E-state index contributed by atoms with van der Waals surface area (Å²) in [6, 6.07) is 10.0. The van der Waals surface area contributed by atoms with Gasteiger partial charge in [-0.3, -0.25) is 4.79 Å². The van der Waals surface area contributed by atoms with Crippen molar-refractivity contribution in [2.45, 2.75) is 13.1 Å². The molecule has 0 saturated carbocycles. The fourth-order valence-electron chi connectivity index (χ4n) is 2.45. The second kappa shape index (κ2) is 7.28. The van der Waals surface area contributed by atoms with E-state index in [4.69, 9.17) is 11.6 Å². The molecule has 0 aliphatic heterocycles. The van der Waals surface area contributed by atoms with E-state index in [0.29, 0.717) is 22.5 Å². The average molecular weight is 415 g/mol. The number of anilines is 1. The third kappa shape index (κ3) is 4.28. The lowest BCUT2D eigenvalue weighted by Gasteiger charge is -2.12. The molecule has 0 saturated heterocycles. The SMILES string of the molecule is Cc1nc(C(F)(F)F)c(C(=O)Nc2cc(Cl)ccc2-c2ccc(F)cc2)s1. The number of aromatic nitrogens is 1. The van der Waals surface area contributed by atoms with E-state index in [0.717, 1.165) is 0 Å². The summed E-state index contributed by atoms with van der Waals surface area (Å²) in [4.78, 5) is 15.4. The number of carbonyl (C=O) groups is 1. The third-order valence-corrected chi connectivity index (χ3v) is 4.80. The molecule has 3 rings (SSSR count). The molecule has 1 heterocycles. The molecule has 27 heavy (non-hydrogen) atoms. The average Bonchev–Trinajstić information content (AvgIpc) is 2.98. The van der Waals surface area contributed by atoms with Gasteiger partial charge in [-0.2, -0.15) is 13.2 Å². The number of hydrogen-bond acceptors (Lipinski definition) is 3. The van der Waals surface area contributed by atoms with Gasteiger partial charge in [0.15, 0.2) is 5.69 Å². The summed E-state index contributed by atoms with van der Waals surface area (Å²) in [7, 11) is 0. The van der Waals surface area contributed by atoms with Crippen LogP contribution in [0.2, 0.25) is 5.02 Å². The van der Waals surface area contributed by atoms with Gasteiger partial charge in [0, 0.05) is 10.6 Å². The van der Waals surface area contributed by atoms with E-state index in [2.05, 4.69) is 10.3 Å². The van der Waals surface area contributed by atoms with Crippen molar-refractivity contribution in [3.8, 4) is 11.1 Å². The molecule has 0 spiro atoms. The van der Waals surface area contributed by atoms with Gasteiger partial charge in [0.1, 0.15) is 10.7 Å². The van der Waals surface area contributed by atoms with Gasteiger partial charge in [-0.1, -0.05) is 29.8 Å². The van der Waals surface area contributed by atoms with Crippen molar-refractivity contribution in [3.63, 3.8) is 0 Å². The number of thiazole rings is 1. The molecular weight excluding hydrogens is 404 g/mol. The molecule has 0 unspecified atom stereocenters. The summed E-state index contributed by atoms with van der Waals surface area (Å²) in [5.74, 6) is -1.38. The fourth-order valence-corrected chi connectivity index (χ4v) is 3.46. The standard InChI is InChI=1S/C18H11ClF4N2OS/c1-9-24-16(18(21,22)23)15(27-9)17(26)25-14-8-11(19)4-7-13(14)10-2-5-12(20)6-3-10/h2-8H,1H3,(H,25,26). The van der Waals surface area contributed by atoms with Crippen LogP contribution in [0.1, 0.15) is 20.4 Å². The quantitative estimate of drug-likeness (QED) is 0.520. The molecule has 1 N–H and O–H groups in total. The van der Waals surface area contributed by atoms with E-state index >= 15 is 0 Å². The van der Waals surface area contributed by atoms with E-state index < -0.39 is 28.5 Å². The zero-order valence-corrected chi connectivity index (χ0v) is 15.3. The van der Waals surface area contributed by atoms with Crippen LogP contribution in [0.5, 0.6) is 0 Å². The molecule has 0 fully saturated rings. The Morgan fingerprint density at radius 1 is 1.15 bits per heavy atom. The van der Waals surface area contributed by atoms with Gasteiger partial charge in [0.2, 0.25) is 0 Å². The lowest BCUT2D eigenvalue weighted by atomic mass is 10.0. The zero-order chi connectivity index (χ0) is 19.8. The van der Waals surface area contributed by atoms with Crippen molar-refractivity contribution in [2.75, 3.05) is 5.32 Å². The monoisotopic (exact) mass is 414 g/mol. The van der Waals surface area contributed by atoms with Gasteiger partial charge in [-0.25, -0.2) is 9.37 Å². The minimum atomic E-state index is -4.74. The number of benzene rings is 2. The summed E-state index contributed by atoms with van der Waals surface area (Å²) in [5, 5.41) is 2.87. The summed E-state index contributed by atoms with van der Waals surface area (Å²) in [5.41, 5.74) is 0.0357. The summed E-state index contributed by atoms with van der Waals surface area (Å²) < 4.78 is 52.5. The number of aryl methyl sites for hydroxylation is 1. The highest BCUT2D eigenvalue weighted by Crippen LogP contribution is 2.36. The molecule has 3 aromatic rings. The minimum Gasteiger partial charge on any atom is -0.321 e. The van der Waals surface area contributed by atoms with E-state index in [1.165, 1.54) is 37.3 Å². The summed E-state index contributed by atoms with van der Waals surface area (Å²) in [6.07, 6.45) is -4.74. The number of nitrogens with zero attached hydrogens (tertiary/aromatic N) is 1. The minimum absolute atomic E-state index is 0.123. The lowest BCUT2D eigenvalue weighted by Crippen LogP contribution is -2.17. The Balaban J connectivity index is 2.00. The summed E-state index contributed by atoms with van der Waals surface area (Å²) in [6.45, 7) is 1.39. The van der Waals surface area contributed by atoms with Crippen LogP contribution in [-0.4, -0.2) is 10.9 Å². The molecule has 3 nitrogen and oxygen atoms in total. The molecule has 1 aromatic heterocycles. The van der Waals surface area contributed by atoms with Gasteiger partial charge in [-0.05, 0) is 36.8 Å². The fraction of sp³-hybridized carbons (Fsp3) is 0.111. The van der Waals surface area contributed by atoms with E-state index in [1.807, 2.05) is 0 Å². The molecule has 0 bridgehead atoms. The Morgan fingerprint density at radius 3 is 2.44 bits per heavy atom. The van der Waals surface area contributed by atoms with E-state index in [9.17, 15) is 22.4 Å². The molecule has 2 aromatic carbocycles. The summed E-state index contributed by atoms with van der Waals surface area (Å²) >= 11 is 6.62. The van der Waals surface area contributed by atoms with Crippen LogP contribution in [0.15, 0.2) is 42.5 Å². The first-order chi connectivity index (χ1) is 12.6. The molecule has 0 aliphatic rings. The molecule has 1 amide bonds. The van der Waals surface area contributed by atoms with E-state index in [-0.39, 0.29) is 15.7 Å². The molecule has 0 radical (unpaired) electrons. The topological polar surface area (TPSA) is 42.0 Å². The Bertz CT molecular complexity index is 1000. The molecular formula is C18H11ClF4N2OS. The highest BCUT2D eigenvalue weighted by Gasteiger charge is 2.39. The van der Waals surface area contributed by atoms with Gasteiger partial charge < -0.3 is 5.32 Å². The lowest BCUT2D eigenvalue weighted by molar-refractivity contribution is -0.141. The van der Waals surface area contributed by atoms with Crippen molar-refractivity contribution in [2.24, 2.45) is 0 Å². The first kappa shape index (κ1) is 19.3. The molecule has 9 heteroatoms. The highest BCUT2D eigenvalue weighted by molar-refractivity contribution is 7.13. The van der Waals surface area contributed by atoms with Gasteiger partial charge >= 0.3 is 6.18 Å². The Morgan fingerprint density at radius 2 is 1.81 bits per heavy atom. The van der Waals surface area contributed by atoms with Gasteiger partial charge in [-0.15, -0.1) is 11.3 Å². The Kier molecular flexibility index (Phi) is 5.21. The second-order valence-electron chi connectivity index (χ2n) is 5.56. The maximum atomic E-state index is 13.2. The van der Waals surface area contributed by atoms with Gasteiger partial charge in [0.25, 0.3) is 5.91 Å². The van der Waals surface area contributed by atoms with Crippen molar-refractivity contribution < 1.29 is 22.4 Å². The van der Waals surface area contributed by atoms with Gasteiger partial charge in [0.05, 0.1) is 10.7 Å². The van der Waals surface area contributed by atoms with Crippen molar-refractivity contribution in [1.29, 1.82) is 0 Å². The number of alkyl halides is 3. The molecule has 0 atom stereocenters. The number of rotatable bonds is 3. The number of carbonyl (C=O) groups excluding carboxylic acids is 1. The van der Waals surface area contributed by atoms with Crippen LogP contribution in [0.3, 0.4) is 0 Å². The molecule has 140 valence electrons. The van der Waals surface area contributed by atoms with Crippen LogP contribution >= 0.6 is 22.9 Å². The van der Waals surface area contributed by atoms with Crippen LogP contribution in [0, 0.1) is 12.7 Å². The Hall–Kier alpha value is -2.45. The van der Waals surface area contributed by atoms with Crippen LogP contribution in [0.4, 0.5) is 23.2 Å². The molecule has 0 aliphatic carbocycles. The number of halogens is 5. The largest absolute Gasteiger partial charge is 0.435 e. The smallest absolute Gasteiger partial charge is 0.321 e. The predicted octanol–water partition coefficient (Wildman–Crippen LogP) is 6.18. The van der Waals surface area contributed by atoms with Crippen molar-refractivity contribution in [3.05, 3.63) is 68.9 Å². The third-order valence-electron chi connectivity index (χ3n) is 3.59. The number of nitrogens with one attached hydrogen (secondary N) is 1. The normalized spacial score (nSPS) is 11.5. The highest BCUT2D eigenvalue weighted by atomic mass is 35.5. The Labute approximate surface area is 160 Å². The second-order valence-corrected chi connectivity index (χ2v) is 7.20. The van der Waals surface area contributed by atoms with Crippen molar-refractivity contribution in [1.82, 2.24) is 4.98 Å². The maximum Gasteiger partial charge on any atom is 0.435 e. The van der Waals surface area contributed by atoms with Crippen molar-refractivity contribution >= 4 is 34.5 Å². The van der Waals surface area contributed by atoms with Crippen LogP contribution in [0.25, 0.3) is 11.1 Å². The van der Waals surface area contributed by atoms with E-state index in [1.54, 1.807) is 12.1 Å². The first-order valence-electron chi connectivity index (χ1n) is 7.56. The number of hydrogen-bond donors (Lipinski definition) is 1.